The standard InChI is InChI=1S/C17H22ClN3O3/c1-12(22)19-10-9-13-6-4-5-11-21(13)17(24)16(23)20-15-8-3-2-7-14(15)18/h2-3,7-8,13H,4-6,9-11H2,1H3,(H,19,22)(H,20,23)/t13-/m1/s1. The van der Waals surface area contributed by atoms with E-state index in [1.165, 1.54) is 6.92 Å². The van der Waals surface area contributed by atoms with E-state index >= 15 is 0 Å². The molecule has 0 bridgehead atoms. The summed E-state index contributed by atoms with van der Waals surface area (Å²) in [4.78, 5) is 37.3. The molecule has 0 unspecified atom stereocenters. The number of nitrogens with zero attached hydrogens (tertiary/aromatic N) is 1. The van der Waals surface area contributed by atoms with Crippen molar-refractivity contribution in [3.63, 3.8) is 0 Å². The van der Waals surface area contributed by atoms with Gasteiger partial charge < -0.3 is 15.5 Å². The van der Waals surface area contributed by atoms with Crippen LogP contribution in [0.15, 0.2) is 24.3 Å². The third-order valence-electron chi connectivity index (χ3n) is 4.06. The number of carbonyl (C=O) groups excluding carboxylic acids is 3. The maximum absolute atomic E-state index is 12.5. The van der Waals surface area contributed by atoms with Crippen LogP contribution in [0.25, 0.3) is 0 Å². The summed E-state index contributed by atoms with van der Waals surface area (Å²) in [5.41, 5.74) is 0.421. The predicted molar refractivity (Wildman–Crippen MR) is 92.7 cm³/mol. The van der Waals surface area contributed by atoms with Gasteiger partial charge in [0, 0.05) is 26.1 Å². The molecule has 1 atom stereocenters. The lowest BCUT2D eigenvalue weighted by Gasteiger charge is -2.35. The Bertz CT molecular complexity index is 621. The van der Waals surface area contributed by atoms with Crippen LogP contribution in [0.2, 0.25) is 5.02 Å². The van der Waals surface area contributed by atoms with Gasteiger partial charge in [0.2, 0.25) is 5.91 Å². The van der Waals surface area contributed by atoms with E-state index in [0.29, 0.717) is 30.2 Å². The normalized spacial score (nSPS) is 17.2. The monoisotopic (exact) mass is 351 g/mol. The molecule has 1 saturated heterocycles. The molecule has 1 aromatic carbocycles. The van der Waals surface area contributed by atoms with E-state index in [1.807, 2.05) is 0 Å². The highest BCUT2D eigenvalue weighted by Gasteiger charge is 2.30. The summed E-state index contributed by atoms with van der Waals surface area (Å²) in [6, 6.07) is 6.76. The minimum atomic E-state index is -0.686. The summed E-state index contributed by atoms with van der Waals surface area (Å²) in [5, 5.41) is 5.69. The molecule has 3 amide bonds. The van der Waals surface area contributed by atoms with Crippen molar-refractivity contribution < 1.29 is 14.4 Å². The number of likely N-dealkylation sites (tertiary alicyclic amines) is 1. The molecule has 0 aromatic heterocycles. The van der Waals surface area contributed by atoms with Crippen LogP contribution in [-0.2, 0) is 14.4 Å². The van der Waals surface area contributed by atoms with E-state index in [0.717, 1.165) is 19.3 Å². The van der Waals surface area contributed by atoms with Crippen molar-refractivity contribution in [3.05, 3.63) is 29.3 Å². The summed E-state index contributed by atoms with van der Waals surface area (Å²) in [7, 11) is 0. The van der Waals surface area contributed by atoms with Crippen LogP contribution in [0, 0.1) is 0 Å². The molecule has 1 aliphatic heterocycles. The van der Waals surface area contributed by atoms with Gasteiger partial charge in [-0.1, -0.05) is 23.7 Å². The first-order valence-corrected chi connectivity index (χ1v) is 8.47. The van der Waals surface area contributed by atoms with Crippen molar-refractivity contribution in [3.8, 4) is 0 Å². The van der Waals surface area contributed by atoms with Crippen LogP contribution in [-0.4, -0.2) is 41.8 Å². The fourth-order valence-corrected chi connectivity index (χ4v) is 3.03. The van der Waals surface area contributed by atoms with Crippen molar-refractivity contribution in [2.24, 2.45) is 0 Å². The molecule has 24 heavy (non-hydrogen) atoms. The molecule has 6 nitrogen and oxygen atoms in total. The lowest BCUT2D eigenvalue weighted by atomic mass is 9.99. The number of hydrogen-bond acceptors (Lipinski definition) is 3. The topological polar surface area (TPSA) is 78.5 Å². The SMILES string of the molecule is CC(=O)NCC[C@H]1CCCCN1C(=O)C(=O)Nc1ccccc1Cl. The first-order valence-electron chi connectivity index (χ1n) is 8.10. The predicted octanol–water partition coefficient (Wildman–Crippen LogP) is 2.19. The fourth-order valence-electron chi connectivity index (χ4n) is 2.85. The zero-order valence-corrected chi connectivity index (χ0v) is 14.4. The first-order chi connectivity index (χ1) is 11.5. The quantitative estimate of drug-likeness (QED) is 0.816. The molecule has 130 valence electrons. The maximum atomic E-state index is 12.5. The number of benzene rings is 1. The number of carbonyl (C=O) groups is 3. The number of hydrogen-bond donors (Lipinski definition) is 2. The Morgan fingerprint density at radius 1 is 1.25 bits per heavy atom. The van der Waals surface area contributed by atoms with Gasteiger partial charge in [0.15, 0.2) is 0 Å². The zero-order valence-electron chi connectivity index (χ0n) is 13.7. The minimum Gasteiger partial charge on any atom is -0.356 e. The van der Waals surface area contributed by atoms with Crippen molar-refractivity contribution in [1.29, 1.82) is 0 Å². The number of nitrogens with one attached hydrogen (secondary N) is 2. The lowest BCUT2D eigenvalue weighted by Crippen LogP contribution is -2.49. The van der Waals surface area contributed by atoms with Crippen LogP contribution in [0.5, 0.6) is 0 Å². The highest BCUT2D eigenvalue weighted by Crippen LogP contribution is 2.22. The molecular formula is C17H22ClN3O3. The molecule has 0 saturated carbocycles. The van der Waals surface area contributed by atoms with Crippen molar-refractivity contribution in [2.75, 3.05) is 18.4 Å². The molecule has 1 aliphatic rings. The van der Waals surface area contributed by atoms with Crippen molar-refractivity contribution in [1.82, 2.24) is 10.2 Å². The van der Waals surface area contributed by atoms with Gasteiger partial charge in [0.25, 0.3) is 0 Å². The van der Waals surface area contributed by atoms with Gasteiger partial charge in [-0.15, -0.1) is 0 Å². The average Bonchev–Trinajstić information content (AvgIpc) is 2.56. The highest BCUT2D eigenvalue weighted by molar-refractivity contribution is 6.41. The molecule has 0 radical (unpaired) electrons. The Morgan fingerprint density at radius 3 is 2.71 bits per heavy atom. The average molecular weight is 352 g/mol. The summed E-state index contributed by atoms with van der Waals surface area (Å²) in [6.45, 7) is 2.51. The van der Waals surface area contributed by atoms with Crippen LogP contribution in [0.4, 0.5) is 5.69 Å². The Hall–Kier alpha value is -2.08. The molecule has 0 aliphatic carbocycles. The van der Waals surface area contributed by atoms with Gasteiger partial charge in [-0.05, 0) is 37.8 Å². The van der Waals surface area contributed by atoms with E-state index in [1.54, 1.807) is 29.2 Å². The van der Waals surface area contributed by atoms with Crippen LogP contribution in [0.1, 0.15) is 32.6 Å². The van der Waals surface area contributed by atoms with Crippen molar-refractivity contribution >= 4 is 35.0 Å². The van der Waals surface area contributed by atoms with Gasteiger partial charge in [0.05, 0.1) is 10.7 Å². The van der Waals surface area contributed by atoms with Crippen LogP contribution < -0.4 is 10.6 Å². The molecular weight excluding hydrogens is 330 g/mol. The minimum absolute atomic E-state index is 0.0323. The Morgan fingerprint density at radius 2 is 2.00 bits per heavy atom. The zero-order chi connectivity index (χ0) is 17.5. The molecule has 2 rings (SSSR count). The molecule has 1 fully saturated rings. The number of halogens is 1. The number of amides is 3. The van der Waals surface area contributed by atoms with Crippen LogP contribution in [0.3, 0.4) is 0 Å². The molecule has 0 spiro atoms. The van der Waals surface area contributed by atoms with Crippen molar-refractivity contribution in [2.45, 2.75) is 38.6 Å². The van der Waals surface area contributed by atoms with Gasteiger partial charge in [0.1, 0.15) is 0 Å². The third kappa shape index (κ3) is 4.96. The Labute approximate surface area is 146 Å². The van der Waals surface area contributed by atoms with Crippen LogP contribution >= 0.6 is 11.6 Å². The van der Waals surface area contributed by atoms with Gasteiger partial charge >= 0.3 is 11.8 Å². The Balaban J connectivity index is 1.98. The number of rotatable bonds is 4. The second-order valence-electron chi connectivity index (χ2n) is 5.85. The summed E-state index contributed by atoms with van der Waals surface area (Å²) < 4.78 is 0. The lowest BCUT2D eigenvalue weighted by molar-refractivity contribution is -0.145. The second-order valence-corrected chi connectivity index (χ2v) is 6.26. The molecule has 1 aromatic rings. The molecule has 2 N–H and O–H groups in total. The van der Waals surface area contributed by atoms with E-state index in [9.17, 15) is 14.4 Å². The Kier molecular flexibility index (Phi) is 6.61. The first kappa shape index (κ1) is 18.3. The van der Waals surface area contributed by atoms with E-state index < -0.39 is 11.8 Å². The van der Waals surface area contributed by atoms with Gasteiger partial charge in [-0.25, -0.2) is 0 Å². The van der Waals surface area contributed by atoms with E-state index in [-0.39, 0.29) is 11.9 Å². The summed E-state index contributed by atoms with van der Waals surface area (Å²) >= 11 is 6.01. The maximum Gasteiger partial charge on any atom is 0.313 e. The summed E-state index contributed by atoms with van der Waals surface area (Å²) in [5.74, 6) is -1.34. The molecule has 1 heterocycles. The molecule has 7 heteroatoms. The second kappa shape index (κ2) is 8.68. The smallest absolute Gasteiger partial charge is 0.313 e. The largest absolute Gasteiger partial charge is 0.356 e. The van der Waals surface area contributed by atoms with E-state index in [4.69, 9.17) is 11.6 Å². The number of anilines is 1. The number of para-hydroxylation sites is 1. The van der Waals surface area contributed by atoms with Gasteiger partial charge in [-0.2, -0.15) is 0 Å². The fraction of sp³-hybridized carbons (Fsp3) is 0.471. The van der Waals surface area contributed by atoms with Gasteiger partial charge in [-0.3, -0.25) is 14.4 Å². The highest BCUT2D eigenvalue weighted by atomic mass is 35.5. The summed E-state index contributed by atoms with van der Waals surface area (Å²) in [6.07, 6.45) is 3.37. The number of piperidine rings is 1. The third-order valence-corrected chi connectivity index (χ3v) is 4.39. The van der Waals surface area contributed by atoms with E-state index in [2.05, 4.69) is 10.6 Å².